The van der Waals surface area contributed by atoms with Gasteiger partial charge in [-0.3, -0.25) is 0 Å². The molecule has 1 aliphatic heterocycles. The lowest BCUT2D eigenvalue weighted by Gasteiger charge is -2.39. The van der Waals surface area contributed by atoms with Gasteiger partial charge in [-0.2, -0.15) is 0 Å². The van der Waals surface area contributed by atoms with Crippen molar-refractivity contribution in [2.75, 3.05) is 19.8 Å². The van der Waals surface area contributed by atoms with E-state index in [2.05, 4.69) is 12.2 Å². The third kappa shape index (κ3) is 3.80. The summed E-state index contributed by atoms with van der Waals surface area (Å²) in [7, 11) is 0. The molecule has 0 spiro atoms. The molecule has 128 valence electrons. The second kappa shape index (κ2) is 7.64. The second-order valence-corrected chi connectivity index (χ2v) is 6.93. The summed E-state index contributed by atoms with van der Waals surface area (Å²) < 4.78 is 19.3. The van der Waals surface area contributed by atoms with Crippen LogP contribution in [-0.2, 0) is 10.2 Å². The maximum Gasteiger partial charge on any atom is 0.123 e. The monoisotopic (exact) mass is 347 g/mol. The summed E-state index contributed by atoms with van der Waals surface area (Å²) >= 11 is 6.30. The molecule has 1 aliphatic rings. The zero-order valence-corrected chi connectivity index (χ0v) is 14.7. The molecule has 1 atom stereocenters. The first-order valence-corrected chi connectivity index (χ1v) is 8.80. The minimum Gasteiger partial charge on any atom is -0.381 e. The van der Waals surface area contributed by atoms with Gasteiger partial charge in [-0.1, -0.05) is 41.9 Å². The molecule has 1 saturated heterocycles. The predicted octanol–water partition coefficient (Wildman–Crippen LogP) is 4.88. The molecule has 1 heterocycles. The summed E-state index contributed by atoms with van der Waals surface area (Å²) in [5.41, 5.74) is 2.03. The van der Waals surface area contributed by atoms with Crippen molar-refractivity contribution in [3.63, 3.8) is 0 Å². The fourth-order valence-corrected chi connectivity index (χ4v) is 3.73. The summed E-state index contributed by atoms with van der Waals surface area (Å²) in [5.74, 6) is -0.183. The SMILES string of the molecule is CC(NCC1(c2cccc(F)c2)CCOCC1)c1ccccc1Cl. The van der Waals surface area contributed by atoms with Crippen LogP contribution in [-0.4, -0.2) is 19.8 Å². The van der Waals surface area contributed by atoms with Gasteiger partial charge in [-0.05, 0) is 49.1 Å². The van der Waals surface area contributed by atoms with Crippen molar-refractivity contribution in [3.05, 3.63) is 70.5 Å². The summed E-state index contributed by atoms with van der Waals surface area (Å²) in [6.07, 6.45) is 1.78. The van der Waals surface area contributed by atoms with Crippen LogP contribution in [0.2, 0.25) is 5.02 Å². The summed E-state index contributed by atoms with van der Waals surface area (Å²) in [6, 6.07) is 15.0. The zero-order chi connectivity index (χ0) is 17.0. The van der Waals surface area contributed by atoms with Gasteiger partial charge in [0.2, 0.25) is 0 Å². The third-order valence-corrected chi connectivity index (χ3v) is 5.35. The molecule has 3 rings (SSSR count). The average molecular weight is 348 g/mol. The van der Waals surface area contributed by atoms with Crippen LogP contribution in [0, 0.1) is 5.82 Å². The molecular formula is C20H23ClFNO. The van der Waals surface area contributed by atoms with E-state index in [1.807, 2.05) is 30.3 Å². The maximum absolute atomic E-state index is 13.7. The van der Waals surface area contributed by atoms with E-state index >= 15 is 0 Å². The van der Waals surface area contributed by atoms with Crippen molar-refractivity contribution in [1.29, 1.82) is 0 Å². The van der Waals surface area contributed by atoms with Crippen LogP contribution in [0.3, 0.4) is 0 Å². The normalized spacial score (nSPS) is 18.3. The molecule has 1 N–H and O–H groups in total. The highest BCUT2D eigenvalue weighted by Gasteiger charge is 2.35. The number of nitrogens with one attached hydrogen (secondary N) is 1. The van der Waals surface area contributed by atoms with Crippen molar-refractivity contribution in [1.82, 2.24) is 5.32 Å². The number of benzene rings is 2. The van der Waals surface area contributed by atoms with Gasteiger partial charge in [-0.15, -0.1) is 0 Å². The van der Waals surface area contributed by atoms with Crippen LogP contribution >= 0.6 is 11.6 Å². The van der Waals surface area contributed by atoms with Crippen LogP contribution in [0.15, 0.2) is 48.5 Å². The first-order chi connectivity index (χ1) is 11.6. The zero-order valence-electron chi connectivity index (χ0n) is 13.9. The predicted molar refractivity (Wildman–Crippen MR) is 96.0 cm³/mol. The van der Waals surface area contributed by atoms with Crippen molar-refractivity contribution in [2.45, 2.75) is 31.2 Å². The number of halogens is 2. The average Bonchev–Trinajstić information content (AvgIpc) is 2.61. The van der Waals surface area contributed by atoms with Crippen LogP contribution in [0.1, 0.15) is 36.9 Å². The van der Waals surface area contributed by atoms with Gasteiger partial charge in [0, 0.05) is 36.2 Å². The van der Waals surface area contributed by atoms with Crippen LogP contribution in [0.25, 0.3) is 0 Å². The molecule has 0 saturated carbocycles. The van der Waals surface area contributed by atoms with E-state index in [0.717, 1.165) is 35.5 Å². The van der Waals surface area contributed by atoms with Gasteiger partial charge >= 0.3 is 0 Å². The Morgan fingerprint density at radius 3 is 2.62 bits per heavy atom. The molecular weight excluding hydrogens is 325 g/mol. The lowest BCUT2D eigenvalue weighted by molar-refractivity contribution is 0.0489. The molecule has 24 heavy (non-hydrogen) atoms. The van der Waals surface area contributed by atoms with Gasteiger partial charge in [-0.25, -0.2) is 4.39 Å². The fourth-order valence-electron chi connectivity index (χ4n) is 3.43. The highest BCUT2D eigenvalue weighted by molar-refractivity contribution is 6.31. The molecule has 0 amide bonds. The third-order valence-electron chi connectivity index (χ3n) is 5.01. The fraction of sp³-hybridized carbons (Fsp3) is 0.400. The van der Waals surface area contributed by atoms with E-state index < -0.39 is 0 Å². The van der Waals surface area contributed by atoms with Crippen LogP contribution in [0.4, 0.5) is 4.39 Å². The molecule has 2 nitrogen and oxygen atoms in total. The second-order valence-electron chi connectivity index (χ2n) is 6.53. The summed E-state index contributed by atoms with van der Waals surface area (Å²) in [4.78, 5) is 0. The maximum atomic E-state index is 13.7. The Morgan fingerprint density at radius 1 is 1.17 bits per heavy atom. The minimum atomic E-state index is -0.183. The molecule has 4 heteroatoms. The first kappa shape index (κ1) is 17.4. The molecule has 0 radical (unpaired) electrons. The summed E-state index contributed by atoms with van der Waals surface area (Å²) in [5, 5.41) is 4.37. The molecule has 2 aromatic carbocycles. The Kier molecular flexibility index (Phi) is 5.54. The smallest absolute Gasteiger partial charge is 0.123 e. The molecule has 0 bridgehead atoms. The number of hydrogen-bond donors (Lipinski definition) is 1. The number of rotatable bonds is 5. The van der Waals surface area contributed by atoms with E-state index in [1.165, 1.54) is 6.07 Å². The largest absolute Gasteiger partial charge is 0.381 e. The minimum absolute atomic E-state index is 0.101. The standard InChI is InChI=1S/C20H23ClFNO/c1-15(18-7-2-3-8-19(18)21)23-14-20(9-11-24-12-10-20)16-5-4-6-17(22)13-16/h2-8,13,15,23H,9-12,14H2,1H3. The molecule has 0 aromatic heterocycles. The topological polar surface area (TPSA) is 21.3 Å². The highest BCUT2D eigenvalue weighted by Crippen LogP contribution is 2.35. The van der Waals surface area contributed by atoms with E-state index in [0.29, 0.717) is 13.2 Å². The molecule has 1 unspecified atom stereocenters. The van der Waals surface area contributed by atoms with Crippen molar-refractivity contribution in [3.8, 4) is 0 Å². The number of hydrogen-bond acceptors (Lipinski definition) is 2. The van der Waals surface area contributed by atoms with Crippen molar-refractivity contribution in [2.24, 2.45) is 0 Å². The van der Waals surface area contributed by atoms with E-state index in [-0.39, 0.29) is 17.3 Å². The van der Waals surface area contributed by atoms with Crippen LogP contribution in [0.5, 0.6) is 0 Å². The Bertz CT molecular complexity index is 685. The van der Waals surface area contributed by atoms with Gasteiger partial charge < -0.3 is 10.1 Å². The Balaban J connectivity index is 1.79. The van der Waals surface area contributed by atoms with E-state index in [4.69, 9.17) is 16.3 Å². The molecule has 2 aromatic rings. The van der Waals surface area contributed by atoms with Crippen LogP contribution < -0.4 is 5.32 Å². The summed E-state index contributed by atoms with van der Waals surface area (Å²) in [6.45, 7) is 4.29. The lowest BCUT2D eigenvalue weighted by Crippen LogP contribution is -2.43. The Hall–Kier alpha value is -1.42. The van der Waals surface area contributed by atoms with E-state index in [9.17, 15) is 4.39 Å². The molecule has 0 aliphatic carbocycles. The van der Waals surface area contributed by atoms with Crippen molar-refractivity contribution < 1.29 is 9.13 Å². The Labute approximate surface area is 148 Å². The first-order valence-electron chi connectivity index (χ1n) is 8.42. The molecule has 1 fully saturated rings. The van der Waals surface area contributed by atoms with E-state index in [1.54, 1.807) is 12.1 Å². The lowest BCUT2D eigenvalue weighted by atomic mass is 9.74. The van der Waals surface area contributed by atoms with Gasteiger partial charge in [0.15, 0.2) is 0 Å². The Morgan fingerprint density at radius 2 is 1.92 bits per heavy atom. The van der Waals surface area contributed by atoms with Gasteiger partial charge in [0.25, 0.3) is 0 Å². The number of ether oxygens (including phenoxy) is 1. The highest BCUT2D eigenvalue weighted by atomic mass is 35.5. The quantitative estimate of drug-likeness (QED) is 0.832. The van der Waals surface area contributed by atoms with Gasteiger partial charge in [0.1, 0.15) is 5.82 Å². The van der Waals surface area contributed by atoms with Gasteiger partial charge in [0.05, 0.1) is 0 Å². The van der Waals surface area contributed by atoms with Crippen molar-refractivity contribution >= 4 is 11.6 Å².